The Morgan fingerprint density at radius 1 is 0.853 bits per heavy atom. The van der Waals surface area contributed by atoms with Crippen molar-refractivity contribution in [1.29, 1.82) is 0 Å². The Labute approximate surface area is 198 Å². The van der Waals surface area contributed by atoms with Crippen LogP contribution in [-0.2, 0) is 0 Å². The molecule has 10 heteroatoms. The van der Waals surface area contributed by atoms with Gasteiger partial charge in [0, 0.05) is 44.0 Å². The lowest BCUT2D eigenvalue weighted by atomic mass is 10.2. The Kier molecular flexibility index (Phi) is 6.76. The van der Waals surface area contributed by atoms with Gasteiger partial charge in [-0.2, -0.15) is 0 Å². The number of aryl methyl sites for hydroxylation is 1. The number of rotatable bonds is 6. The highest BCUT2D eigenvalue weighted by molar-refractivity contribution is 5.91. The van der Waals surface area contributed by atoms with E-state index in [9.17, 15) is 4.79 Å². The van der Waals surface area contributed by atoms with Crippen LogP contribution in [0.2, 0.25) is 0 Å². The summed E-state index contributed by atoms with van der Waals surface area (Å²) >= 11 is 0. The highest BCUT2D eigenvalue weighted by atomic mass is 16.5. The van der Waals surface area contributed by atoms with Crippen LogP contribution < -0.4 is 29.2 Å². The molecular formula is C24H29N5O5. The zero-order chi connectivity index (χ0) is 24.2. The van der Waals surface area contributed by atoms with Crippen molar-refractivity contribution >= 4 is 28.6 Å². The molecule has 1 aliphatic rings. The summed E-state index contributed by atoms with van der Waals surface area (Å²) in [5, 5.41) is 2.86. The summed E-state index contributed by atoms with van der Waals surface area (Å²) < 4.78 is 21.7. The summed E-state index contributed by atoms with van der Waals surface area (Å²) in [6, 6.07) is 9.34. The van der Waals surface area contributed by atoms with Crippen molar-refractivity contribution in [3.05, 3.63) is 35.9 Å². The van der Waals surface area contributed by atoms with E-state index in [1.165, 1.54) is 7.11 Å². The zero-order valence-electron chi connectivity index (χ0n) is 20.0. The molecule has 0 unspecified atom stereocenters. The number of nitrogens with one attached hydrogen (secondary N) is 1. The van der Waals surface area contributed by atoms with Crippen molar-refractivity contribution in [1.82, 2.24) is 14.9 Å². The van der Waals surface area contributed by atoms with Crippen molar-refractivity contribution in [3.63, 3.8) is 0 Å². The Balaban J connectivity index is 1.46. The Bertz CT molecular complexity index is 1170. The molecular weight excluding hydrogens is 438 g/mol. The van der Waals surface area contributed by atoms with E-state index in [4.69, 9.17) is 18.9 Å². The minimum atomic E-state index is -0.246. The van der Waals surface area contributed by atoms with Gasteiger partial charge in [-0.3, -0.25) is 5.32 Å². The van der Waals surface area contributed by atoms with E-state index in [0.29, 0.717) is 60.3 Å². The molecule has 0 spiro atoms. The number of anilines is 2. The summed E-state index contributed by atoms with van der Waals surface area (Å²) in [4.78, 5) is 25.9. The number of urea groups is 1. The lowest BCUT2D eigenvalue weighted by Gasteiger charge is -2.36. The third-order valence-corrected chi connectivity index (χ3v) is 5.79. The van der Waals surface area contributed by atoms with Gasteiger partial charge in [-0.1, -0.05) is 6.07 Å². The van der Waals surface area contributed by atoms with Gasteiger partial charge in [0.25, 0.3) is 5.88 Å². The average Bonchev–Trinajstić information content (AvgIpc) is 2.87. The van der Waals surface area contributed by atoms with Gasteiger partial charge in [-0.25, -0.2) is 14.8 Å². The molecule has 2 amide bonds. The van der Waals surface area contributed by atoms with Gasteiger partial charge in [-0.15, -0.1) is 0 Å². The molecule has 1 aliphatic heterocycles. The minimum absolute atomic E-state index is 0.246. The number of nitrogens with zero attached hydrogens (tertiary/aromatic N) is 4. The number of methoxy groups -OCH3 is 4. The van der Waals surface area contributed by atoms with Crippen LogP contribution in [0.1, 0.15) is 5.56 Å². The van der Waals surface area contributed by atoms with Crippen LogP contribution in [-0.4, -0.2) is 75.5 Å². The first-order chi connectivity index (χ1) is 16.5. The highest BCUT2D eigenvalue weighted by Crippen LogP contribution is 2.41. The standard InChI is InChI=1S/C24H29N5O5/c1-15-6-7-17-18(12-15)25-22(23(26-17)34-5)27-24(30)29-10-8-28(9-11-29)16-13-19(31-2)21(33-4)20(14-16)32-3/h6-7,12-14H,8-11H2,1-5H3,(H,25,27,30). The molecule has 10 nitrogen and oxygen atoms in total. The summed E-state index contributed by atoms with van der Waals surface area (Å²) in [6.07, 6.45) is 0. The number of benzene rings is 2. The van der Waals surface area contributed by atoms with E-state index in [0.717, 1.165) is 11.3 Å². The van der Waals surface area contributed by atoms with Crippen LogP contribution in [0, 0.1) is 6.92 Å². The number of hydrogen-bond donors (Lipinski definition) is 1. The molecule has 0 saturated carbocycles. The van der Waals surface area contributed by atoms with Crippen molar-refractivity contribution in [2.45, 2.75) is 6.92 Å². The molecule has 34 heavy (non-hydrogen) atoms. The molecule has 4 rings (SSSR count). The van der Waals surface area contributed by atoms with Gasteiger partial charge in [0.15, 0.2) is 17.3 Å². The first-order valence-electron chi connectivity index (χ1n) is 10.9. The molecule has 1 fully saturated rings. The van der Waals surface area contributed by atoms with E-state index in [1.807, 2.05) is 37.3 Å². The van der Waals surface area contributed by atoms with E-state index < -0.39 is 0 Å². The van der Waals surface area contributed by atoms with Gasteiger partial charge < -0.3 is 28.7 Å². The van der Waals surface area contributed by atoms with Gasteiger partial charge in [0.2, 0.25) is 5.75 Å². The second-order valence-corrected chi connectivity index (χ2v) is 7.86. The third-order valence-electron chi connectivity index (χ3n) is 5.79. The number of piperazine rings is 1. The fraction of sp³-hybridized carbons (Fsp3) is 0.375. The number of carbonyl (C=O) groups excluding carboxylic acids is 1. The van der Waals surface area contributed by atoms with Crippen LogP contribution in [0.3, 0.4) is 0 Å². The van der Waals surface area contributed by atoms with Crippen LogP contribution in [0.5, 0.6) is 23.1 Å². The summed E-state index contributed by atoms with van der Waals surface area (Å²) in [6.45, 7) is 4.34. The van der Waals surface area contributed by atoms with Crippen molar-refractivity contribution < 1.29 is 23.7 Å². The molecule has 1 saturated heterocycles. The van der Waals surface area contributed by atoms with E-state index in [2.05, 4.69) is 20.2 Å². The van der Waals surface area contributed by atoms with Gasteiger partial charge in [0.05, 0.1) is 39.5 Å². The smallest absolute Gasteiger partial charge is 0.323 e. The molecule has 0 atom stereocenters. The number of amides is 2. The number of aromatic nitrogens is 2. The van der Waals surface area contributed by atoms with Crippen LogP contribution in [0.25, 0.3) is 11.0 Å². The monoisotopic (exact) mass is 467 g/mol. The normalized spacial score (nSPS) is 13.6. The van der Waals surface area contributed by atoms with Crippen molar-refractivity contribution in [2.24, 2.45) is 0 Å². The molecule has 3 aromatic rings. The van der Waals surface area contributed by atoms with E-state index in [-0.39, 0.29) is 11.9 Å². The lowest BCUT2D eigenvalue weighted by molar-refractivity contribution is 0.208. The first-order valence-corrected chi connectivity index (χ1v) is 10.9. The fourth-order valence-corrected chi connectivity index (χ4v) is 3.97. The SMILES string of the molecule is COc1cc(N2CCN(C(=O)Nc3nc4cc(C)ccc4nc3OC)CC2)cc(OC)c1OC. The minimum Gasteiger partial charge on any atom is -0.493 e. The maximum atomic E-state index is 13.0. The maximum absolute atomic E-state index is 13.0. The van der Waals surface area contributed by atoms with Gasteiger partial charge in [-0.05, 0) is 24.6 Å². The number of hydrogen-bond acceptors (Lipinski definition) is 8. The predicted molar refractivity (Wildman–Crippen MR) is 130 cm³/mol. The molecule has 0 bridgehead atoms. The Hall–Kier alpha value is -3.95. The zero-order valence-corrected chi connectivity index (χ0v) is 20.0. The summed E-state index contributed by atoms with van der Waals surface area (Å²) in [7, 11) is 6.27. The lowest BCUT2D eigenvalue weighted by Crippen LogP contribution is -2.50. The topological polar surface area (TPSA) is 98.3 Å². The second kappa shape index (κ2) is 9.90. The molecule has 2 aromatic carbocycles. The van der Waals surface area contributed by atoms with Crippen LogP contribution in [0.4, 0.5) is 16.3 Å². The average molecular weight is 468 g/mol. The quantitative estimate of drug-likeness (QED) is 0.590. The fourth-order valence-electron chi connectivity index (χ4n) is 3.97. The van der Waals surface area contributed by atoms with E-state index >= 15 is 0 Å². The molecule has 0 radical (unpaired) electrons. The van der Waals surface area contributed by atoms with Gasteiger partial charge >= 0.3 is 6.03 Å². The van der Waals surface area contributed by atoms with Gasteiger partial charge in [0.1, 0.15) is 0 Å². The summed E-state index contributed by atoms with van der Waals surface area (Å²) in [5.41, 5.74) is 3.40. The first kappa shape index (κ1) is 23.2. The number of fused-ring (bicyclic) bond motifs is 1. The highest BCUT2D eigenvalue weighted by Gasteiger charge is 2.25. The van der Waals surface area contributed by atoms with Crippen molar-refractivity contribution in [3.8, 4) is 23.1 Å². The Morgan fingerprint density at radius 3 is 2.12 bits per heavy atom. The molecule has 180 valence electrons. The largest absolute Gasteiger partial charge is 0.493 e. The third kappa shape index (κ3) is 4.57. The molecule has 1 N–H and O–H groups in total. The number of ether oxygens (including phenoxy) is 4. The summed E-state index contributed by atoms with van der Waals surface area (Å²) in [5.74, 6) is 2.31. The predicted octanol–water partition coefficient (Wildman–Crippen LogP) is 3.33. The molecule has 2 heterocycles. The number of carbonyl (C=O) groups is 1. The van der Waals surface area contributed by atoms with Crippen LogP contribution in [0.15, 0.2) is 30.3 Å². The molecule has 1 aromatic heterocycles. The maximum Gasteiger partial charge on any atom is 0.323 e. The molecule has 0 aliphatic carbocycles. The second-order valence-electron chi connectivity index (χ2n) is 7.86. The van der Waals surface area contributed by atoms with E-state index in [1.54, 1.807) is 26.2 Å². The Morgan fingerprint density at radius 2 is 1.53 bits per heavy atom. The van der Waals surface area contributed by atoms with Crippen LogP contribution >= 0.6 is 0 Å². The van der Waals surface area contributed by atoms with Crippen molar-refractivity contribution in [2.75, 3.05) is 64.8 Å².